The summed E-state index contributed by atoms with van der Waals surface area (Å²) in [6, 6.07) is 20.2. The van der Waals surface area contributed by atoms with Crippen LogP contribution in [0, 0.1) is 17.1 Å². The molecule has 0 radical (unpaired) electrons. The number of halogens is 1. The van der Waals surface area contributed by atoms with Crippen molar-refractivity contribution >= 4 is 33.8 Å². The summed E-state index contributed by atoms with van der Waals surface area (Å²) in [6.07, 6.45) is 2.64. The first kappa shape index (κ1) is 26.6. The molecule has 1 fully saturated rings. The van der Waals surface area contributed by atoms with E-state index >= 15 is 0 Å². The van der Waals surface area contributed by atoms with Crippen molar-refractivity contribution in [2.24, 2.45) is 0 Å². The number of imidazole rings is 1. The molecule has 0 unspecified atom stereocenters. The van der Waals surface area contributed by atoms with E-state index in [1.807, 2.05) is 65.9 Å². The van der Waals surface area contributed by atoms with Gasteiger partial charge < -0.3 is 14.9 Å². The molecule has 0 spiro atoms. The molecule has 4 heterocycles. The molecule has 5 aromatic rings. The maximum Gasteiger partial charge on any atom is 0.227 e. The van der Waals surface area contributed by atoms with Crippen LogP contribution in [0.1, 0.15) is 23.1 Å². The average molecular weight is 567 g/mol. The Hall–Kier alpha value is -4.59. The number of fused-ring (bicyclic) bond motifs is 1. The molecule has 0 atom stereocenters. The molecular formula is C31H27FN6O2S. The molecule has 6 rings (SSSR count). The predicted octanol–water partition coefficient (Wildman–Crippen LogP) is 5.21. The van der Waals surface area contributed by atoms with Gasteiger partial charge in [0.05, 0.1) is 18.2 Å². The van der Waals surface area contributed by atoms with E-state index < -0.39 is 6.10 Å². The van der Waals surface area contributed by atoms with E-state index in [2.05, 4.69) is 6.07 Å². The van der Waals surface area contributed by atoms with Gasteiger partial charge in [0.1, 0.15) is 33.9 Å². The van der Waals surface area contributed by atoms with Gasteiger partial charge in [-0.25, -0.2) is 14.4 Å². The Morgan fingerprint density at radius 3 is 2.41 bits per heavy atom. The first-order valence-corrected chi connectivity index (χ1v) is 14.1. The largest absolute Gasteiger partial charge is 0.389 e. The van der Waals surface area contributed by atoms with Crippen LogP contribution in [0.3, 0.4) is 0 Å². The van der Waals surface area contributed by atoms with Crippen molar-refractivity contribution in [1.29, 1.82) is 5.26 Å². The molecule has 41 heavy (non-hydrogen) atoms. The first-order chi connectivity index (χ1) is 19.8. The maximum absolute atomic E-state index is 13.5. The normalized spacial score (nSPS) is 13.3. The minimum atomic E-state index is -0.405. The molecule has 0 saturated carbocycles. The highest BCUT2D eigenvalue weighted by Gasteiger charge is 2.28. The summed E-state index contributed by atoms with van der Waals surface area (Å²) < 4.78 is 15.5. The van der Waals surface area contributed by atoms with Gasteiger partial charge in [0, 0.05) is 31.9 Å². The molecule has 206 valence electrons. The number of carbonyl (C=O) groups excluding carboxylic acids is 1. The number of nitriles is 1. The van der Waals surface area contributed by atoms with E-state index in [0.717, 1.165) is 33.8 Å². The number of carbonyl (C=O) groups is 1. The SMILES string of the molecule is CCc1nc2ccc(-c3ccc(CC(=O)N4CC(O)C4)cc3)cn2c1N(C)c1nc(-c2ccc(F)cc2)c(C#N)s1. The molecule has 3 aromatic heterocycles. The third kappa shape index (κ3) is 5.06. The van der Waals surface area contributed by atoms with E-state index in [4.69, 9.17) is 9.97 Å². The number of hydrogen-bond acceptors (Lipinski definition) is 7. The number of pyridine rings is 1. The Labute approximate surface area is 240 Å². The lowest BCUT2D eigenvalue weighted by molar-refractivity contribution is -0.140. The smallest absolute Gasteiger partial charge is 0.227 e. The third-order valence-corrected chi connectivity index (χ3v) is 8.33. The highest BCUT2D eigenvalue weighted by atomic mass is 32.1. The maximum atomic E-state index is 13.5. The highest BCUT2D eigenvalue weighted by Crippen LogP contribution is 2.37. The van der Waals surface area contributed by atoms with Gasteiger partial charge in [-0.1, -0.05) is 42.5 Å². The van der Waals surface area contributed by atoms with Crippen molar-refractivity contribution in [2.75, 3.05) is 25.0 Å². The second-order valence-corrected chi connectivity index (χ2v) is 11.0. The van der Waals surface area contributed by atoms with E-state index in [-0.39, 0.29) is 11.7 Å². The molecular weight excluding hydrogens is 539 g/mol. The molecule has 10 heteroatoms. The lowest BCUT2D eigenvalue weighted by atomic mass is 10.0. The van der Waals surface area contributed by atoms with Crippen LogP contribution in [0.5, 0.6) is 0 Å². The van der Waals surface area contributed by atoms with Crippen LogP contribution in [0.25, 0.3) is 28.0 Å². The molecule has 2 aromatic carbocycles. The molecule has 8 nitrogen and oxygen atoms in total. The Morgan fingerprint density at radius 1 is 1.07 bits per heavy atom. The van der Waals surface area contributed by atoms with Gasteiger partial charge in [-0.15, -0.1) is 0 Å². The molecule has 1 saturated heterocycles. The highest BCUT2D eigenvalue weighted by molar-refractivity contribution is 7.16. The Bertz CT molecular complexity index is 1780. The van der Waals surface area contributed by atoms with Gasteiger partial charge in [0.25, 0.3) is 0 Å². The van der Waals surface area contributed by atoms with E-state index in [1.54, 1.807) is 17.0 Å². The van der Waals surface area contributed by atoms with Crippen molar-refractivity contribution in [3.05, 3.63) is 88.8 Å². The number of aliphatic hydroxyl groups excluding tert-OH is 1. The number of aromatic nitrogens is 3. The number of likely N-dealkylation sites (tertiary alicyclic amines) is 1. The summed E-state index contributed by atoms with van der Waals surface area (Å²) in [4.78, 5) is 26.1. The second kappa shape index (κ2) is 10.8. The van der Waals surface area contributed by atoms with Gasteiger partial charge in [0.2, 0.25) is 5.91 Å². The number of aliphatic hydroxyl groups is 1. The minimum absolute atomic E-state index is 0.0204. The van der Waals surface area contributed by atoms with Crippen molar-refractivity contribution in [2.45, 2.75) is 25.9 Å². The number of benzene rings is 2. The molecule has 0 aliphatic carbocycles. The molecule has 1 amide bonds. The van der Waals surface area contributed by atoms with E-state index in [0.29, 0.717) is 47.2 Å². The number of nitrogens with zero attached hydrogens (tertiary/aromatic N) is 6. The van der Waals surface area contributed by atoms with Crippen LogP contribution in [-0.2, 0) is 17.6 Å². The summed E-state index contributed by atoms with van der Waals surface area (Å²) in [5, 5.41) is 19.9. The molecule has 0 bridgehead atoms. The molecule has 1 N–H and O–H groups in total. The van der Waals surface area contributed by atoms with Crippen molar-refractivity contribution in [3.63, 3.8) is 0 Å². The van der Waals surface area contributed by atoms with Crippen LogP contribution < -0.4 is 4.90 Å². The van der Waals surface area contributed by atoms with Gasteiger partial charge in [-0.3, -0.25) is 9.20 Å². The Balaban J connectivity index is 1.31. The summed E-state index contributed by atoms with van der Waals surface area (Å²) >= 11 is 1.28. The van der Waals surface area contributed by atoms with Crippen molar-refractivity contribution < 1.29 is 14.3 Å². The number of thiazole rings is 1. The lowest BCUT2D eigenvalue weighted by Crippen LogP contribution is -2.53. The van der Waals surface area contributed by atoms with Crippen LogP contribution in [0.2, 0.25) is 0 Å². The summed E-state index contributed by atoms with van der Waals surface area (Å²) in [5.41, 5.74) is 5.81. The van der Waals surface area contributed by atoms with E-state index in [9.17, 15) is 19.6 Å². The monoisotopic (exact) mass is 566 g/mol. The standard InChI is InChI=1S/C31H27FN6O2S/c1-3-25-30(36(2)31-35-29(26(15-33)41-31)21-8-11-23(32)12-9-21)38-16-22(10-13-27(38)34-25)20-6-4-19(5-7-20)14-28(40)37-17-24(39)18-37/h4-13,16,24,39H,3,14,17-18H2,1-2H3. The van der Waals surface area contributed by atoms with Crippen LogP contribution in [0.15, 0.2) is 66.9 Å². The molecule has 1 aliphatic heterocycles. The molecule has 1 aliphatic rings. The fraction of sp³-hybridized carbons (Fsp3) is 0.226. The Morgan fingerprint density at radius 2 is 1.76 bits per heavy atom. The van der Waals surface area contributed by atoms with Gasteiger partial charge >= 0.3 is 0 Å². The predicted molar refractivity (Wildman–Crippen MR) is 157 cm³/mol. The third-order valence-electron chi connectivity index (χ3n) is 7.29. The number of anilines is 2. The number of rotatable bonds is 7. The quantitative estimate of drug-likeness (QED) is 0.290. The topological polar surface area (TPSA) is 97.8 Å². The van der Waals surface area contributed by atoms with Crippen molar-refractivity contribution in [3.8, 4) is 28.5 Å². The van der Waals surface area contributed by atoms with E-state index in [1.165, 1.54) is 23.5 Å². The fourth-order valence-corrected chi connectivity index (χ4v) is 5.88. The van der Waals surface area contributed by atoms with Crippen molar-refractivity contribution in [1.82, 2.24) is 19.3 Å². The van der Waals surface area contributed by atoms with Crippen LogP contribution in [-0.4, -0.2) is 56.5 Å². The number of amides is 1. The summed E-state index contributed by atoms with van der Waals surface area (Å²) in [5.74, 6) is 0.531. The average Bonchev–Trinajstić information content (AvgIpc) is 3.57. The zero-order chi connectivity index (χ0) is 28.7. The summed E-state index contributed by atoms with van der Waals surface area (Å²) in [7, 11) is 1.91. The number of aryl methyl sites for hydroxylation is 1. The first-order valence-electron chi connectivity index (χ1n) is 13.3. The van der Waals surface area contributed by atoms with Gasteiger partial charge in [-0.05, 0) is 59.5 Å². The lowest BCUT2D eigenvalue weighted by Gasteiger charge is -2.35. The van der Waals surface area contributed by atoms with Gasteiger partial charge in [0.15, 0.2) is 5.13 Å². The fourth-order valence-electron chi connectivity index (χ4n) is 5.03. The zero-order valence-electron chi connectivity index (χ0n) is 22.6. The zero-order valence-corrected chi connectivity index (χ0v) is 23.4. The summed E-state index contributed by atoms with van der Waals surface area (Å²) in [6.45, 7) is 2.86. The van der Waals surface area contributed by atoms with Crippen LogP contribution >= 0.6 is 11.3 Å². The van der Waals surface area contributed by atoms with Crippen LogP contribution in [0.4, 0.5) is 15.3 Å². The second-order valence-electron chi connectivity index (χ2n) is 10.1. The van der Waals surface area contributed by atoms with Gasteiger partial charge in [-0.2, -0.15) is 5.26 Å². The minimum Gasteiger partial charge on any atom is -0.389 e. The Kier molecular flexibility index (Phi) is 6.99. The number of hydrogen-bond donors (Lipinski definition) is 1. The number of β-amino-alcohol motifs (C(OH)–C–C–N with tert-alkyl or cyclic N) is 1.